The molecule has 1 aromatic rings. The SMILES string of the molecule is CCOC(=O)C(C(=O)OCC)C1C(=O)CCc2cc(OC)cc(OC)c21. The van der Waals surface area contributed by atoms with Crippen LogP contribution < -0.4 is 9.47 Å². The molecule has 0 radical (unpaired) electrons. The Hall–Kier alpha value is -2.57. The first-order valence-corrected chi connectivity index (χ1v) is 8.59. The predicted molar refractivity (Wildman–Crippen MR) is 92.4 cm³/mol. The predicted octanol–water partition coefficient (Wildman–Crippen LogP) is 2.05. The molecule has 1 aliphatic rings. The lowest BCUT2D eigenvalue weighted by Crippen LogP contribution is -2.39. The fraction of sp³-hybridized carbons (Fsp3) is 0.526. The Balaban J connectivity index is 2.60. The summed E-state index contributed by atoms with van der Waals surface area (Å²) in [6, 6.07) is 3.43. The molecule has 0 fully saturated rings. The van der Waals surface area contributed by atoms with E-state index < -0.39 is 23.8 Å². The van der Waals surface area contributed by atoms with E-state index in [4.69, 9.17) is 18.9 Å². The Kier molecular flexibility index (Phi) is 6.60. The third-order valence-corrected chi connectivity index (χ3v) is 4.37. The zero-order valence-electron chi connectivity index (χ0n) is 15.5. The molecular formula is C19H24O7. The third kappa shape index (κ3) is 3.81. The van der Waals surface area contributed by atoms with Crippen molar-refractivity contribution < 1.29 is 33.3 Å². The average Bonchev–Trinajstić information content (AvgIpc) is 2.63. The minimum absolute atomic E-state index is 0.0995. The lowest BCUT2D eigenvalue weighted by atomic mass is 9.74. The van der Waals surface area contributed by atoms with Crippen LogP contribution in [0.4, 0.5) is 0 Å². The first kappa shape index (κ1) is 19.8. The number of carbonyl (C=O) groups excluding carboxylic acids is 3. The quantitative estimate of drug-likeness (QED) is 0.540. The highest BCUT2D eigenvalue weighted by atomic mass is 16.6. The minimum atomic E-state index is -1.36. The molecule has 0 heterocycles. The lowest BCUT2D eigenvalue weighted by molar-refractivity contribution is -0.164. The molecule has 1 aromatic carbocycles. The van der Waals surface area contributed by atoms with Gasteiger partial charge < -0.3 is 18.9 Å². The number of ketones is 1. The van der Waals surface area contributed by atoms with Crippen LogP contribution in [0.3, 0.4) is 0 Å². The van der Waals surface area contributed by atoms with E-state index in [1.54, 1.807) is 26.0 Å². The summed E-state index contributed by atoms with van der Waals surface area (Å²) in [5.74, 6) is -3.13. The molecule has 0 saturated carbocycles. The van der Waals surface area contributed by atoms with E-state index in [0.29, 0.717) is 23.5 Å². The highest BCUT2D eigenvalue weighted by molar-refractivity contribution is 6.04. The second kappa shape index (κ2) is 8.69. The molecule has 0 N–H and O–H groups in total. The number of aryl methyl sites for hydroxylation is 1. The summed E-state index contributed by atoms with van der Waals surface area (Å²) in [5, 5.41) is 0. The van der Waals surface area contributed by atoms with Crippen LogP contribution in [0.1, 0.15) is 37.3 Å². The van der Waals surface area contributed by atoms with E-state index >= 15 is 0 Å². The second-order valence-electron chi connectivity index (χ2n) is 5.83. The maximum Gasteiger partial charge on any atom is 0.321 e. The molecule has 7 nitrogen and oxygen atoms in total. The summed E-state index contributed by atoms with van der Waals surface area (Å²) >= 11 is 0. The van der Waals surface area contributed by atoms with E-state index in [-0.39, 0.29) is 25.4 Å². The largest absolute Gasteiger partial charge is 0.497 e. The molecule has 7 heteroatoms. The van der Waals surface area contributed by atoms with Crippen LogP contribution in [-0.2, 0) is 30.3 Å². The summed E-state index contributed by atoms with van der Waals surface area (Å²) in [7, 11) is 3.00. The summed E-state index contributed by atoms with van der Waals surface area (Å²) in [4.78, 5) is 37.7. The standard InChI is InChI=1S/C19H24O7/c1-5-25-18(21)17(19(22)26-6-2)16-13(20)8-7-11-9-12(23-3)10-14(24-4)15(11)16/h9-10,16-17H,5-8H2,1-4H3. The molecule has 2 rings (SSSR count). The van der Waals surface area contributed by atoms with E-state index in [1.165, 1.54) is 14.2 Å². The first-order valence-electron chi connectivity index (χ1n) is 8.59. The number of hydrogen-bond acceptors (Lipinski definition) is 7. The van der Waals surface area contributed by atoms with E-state index in [0.717, 1.165) is 5.56 Å². The van der Waals surface area contributed by atoms with Crippen molar-refractivity contribution in [1.82, 2.24) is 0 Å². The van der Waals surface area contributed by atoms with Crippen molar-refractivity contribution >= 4 is 17.7 Å². The topological polar surface area (TPSA) is 88.1 Å². The monoisotopic (exact) mass is 364 g/mol. The Bertz CT molecular complexity index is 660. The van der Waals surface area contributed by atoms with Gasteiger partial charge in [0, 0.05) is 18.1 Å². The molecule has 1 atom stereocenters. The number of rotatable bonds is 7. The van der Waals surface area contributed by atoms with Gasteiger partial charge in [-0.2, -0.15) is 0 Å². The van der Waals surface area contributed by atoms with Crippen molar-refractivity contribution in [3.8, 4) is 11.5 Å². The van der Waals surface area contributed by atoms with Crippen molar-refractivity contribution in [2.24, 2.45) is 5.92 Å². The van der Waals surface area contributed by atoms with Crippen LogP contribution in [0.5, 0.6) is 11.5 Å². The van der Waals surface area contributed by atoms with Gasteiger partial charge in [0.1, 0.15) is 17.3 Å². The number of carbonyl (C=O) groups is 3. The number of hydrogen-bond donors (Lipinski definition) is 0. The molecule has 0 saturated heterocycles. The summed E-state index contributed by atoms with van der Waals surface area (Å²) in [6.07, 6.45) is 0.694. The molecule has 0 spiro atoms. The fourth-order valence-corrected chi connectivity index (χ4v) is 3.26. The second-order valence-corrected chi connectivity index (χ2v) is 5.83. The van der Waals surface area contributed by atoms with E-state index in [9.17, 15) is 14.4 Å². The van der Waals surface area contributed by atoms with Gasteiger partial charge in [-0.25, -0.2) is 0 Å². The molecule has 1 aliphatic carbocycles. The Morgan fingerprint density at radius 1 is 1.04 bits per heavy atom. The molecule has 0 aliphatic heterocycles. The van der Waals surface area contributed by atoms with Crippen molar-refractivity contribution in [1.29, 1.82) is 0 Å². The van der Waals surface area contributed by atoms with Crippen LogP contribution in [0.25, 0.3) is 0 Å². The number of Topliss-reactive ketones (excluding diaryl/α,β-unsaturated/α-hetero) is 1. The highest BCUT2D eigenvalue weighted by Crippen LogP contribution is 2.43. The van der Waals surface area contributed by atoms with Gasteiger partial charge in [-0.1, -0.05) is 0 Å². The number of fused-ring (bicyclic) bond motifs is 1. The Labute approximate surface area is 152 Å². The highest BCUT2D eigenvalue weighted by Gasteiger charge is 2.46. The van der Waals surface area contributed by atoms with Gasteiger partial charge in [-0.3, -0.25) is 14.4 Å². The van der Waals surface area contributed by atoms with Gasteiger partial charge in [0.15, 0.2) is 5.92 Å². The van der Waals surface area contributed by atoms with E-state index in [1.807, 2.05) is 0 Å². The molecule has 0 aromatic heterocycles. The molecule has 0 amide bonds. The van der Waals surface area contributed by atoms with E-state index in [2.05, 4.69) is 0 Å². The molecule has 1 unspecified atom stereocenters. The Morgan fingerprint density at radius 2 is 1.65 bits per heavy atom. The van der Waals surface area contributed by atoms with Gasteiger partial charge in [0.2, 0.25) is 0 Å². The molecule has 26 heavy (non-hydrogen) atoms. The number of benzene rings is 1. The van der Waals surface area contributed by atoms with Gasteiger partial charge in [0.25, 0.3) is 0 Å². The van der Waals surface area contributed by atoms with Crippen LogP contribution in [-0.4, -0.2) is 45.2 Å². The maximum absolute atomic E-state index is 12.7. The van der Waals surface area contributed by atoms with Crippen LogP contribution in [0.2, 0.25) is 0 Å². The normalized spacial score (nSPS) is 16.0. The van der Waals surface area contributed by atoms with Crippen molar-refractivity contribution in [3.63, 3.8) is 0 Å². The first-order chi connectivity index (χ1) is 12.5. The number of methoxy groups -OCH3 is 2. The van der Waals surface area contributed by atoms with Gasteiger partial charge in [-0.15, -0.1) is 0 Å². The number of ether oxygens (including phenoxy) is 4. The smallest absolute Gasteiger partial charge is 0.321 e. The molecular weight excluding hydrogens is 340 g/mol. The Morgan fingerprint density at radius 3 is 2.15 bits per heavy atom. The van der Waals surface area contributed by atoms with Crippen LogP contribution in [0, 0.1) is 5.92 Å². The summed E-state index contributed by atoms with van der Waals surface area (Å²) < 4.78 is 20.8. The van der Waals surface area contributed by atoms with Gasteiger partial charge in [0.05, 0.1) is 33.4 Å². The van der Waals surface area contributed by atoms with Crippen LogP contribution in [0.15, 0.2) is 12.1 Å². The van der Waals surface area contributed by atoms with Gasteiger partial charge in [-0.05, 0) is 31.9 Å². The van der Waals surface area contributed by atoms with Crippen molar-refractivity contribution in [2.75, 3.05) is 27.4 Å². The maximum atomic E-state index is 12.7. The molecule has 0 bridgehead atoms. The summed E-state index contributed by atoms with van der Waals surface area (Å²) in [5.41, 5.74) is 1.33. The van der Waals surface area contributed by atoms with Crippen molar-refractivity contribution in [3.05, 3.63) is 23.3 Å². The van der Waals surface area contributed by atoms with Crippen LogP contribution >= 0.6 is 0 Å². The zero-order valence-corrected chi connectivity index (χ0v) is 15.5. The minimum Gasteiger partial charge on any atom is -0.497 e. The zero-order chi connectivity index (χ0) is 19.3. The number of esters is 2. The lowest BCUT2D eigenvalue weighted by Gasteiger charge is -2.30. The third-order valence-electron chi connectivity index (χ3n) is 4.37. The van der Waals surface area contributed by atoms with Gasteiger partial charge >= 0.3 is 11.9 Å². The summed E-state index contributed by atoms with van der Waals surface area (Å²) in [6.45, 7) is 3.48. The fourth-order valence-electron chi connectivity index (χ4n) is 3.26. The average molecular weight is 364 g/mol. The van der Waals surface area contributed by atoms with Crippen molar-refractivity contribution in [2.45, 2.75) is 32.6 Å². The molecule has 142 valence electrons.